The molecule has 0 aliphatic carbocycles. The average molecular weight is 405 g/mol. The zero-order valence-corrected chi connectivity index (χ0v) is 16.5. The number of aromatic nitrogens is 4. The number of carbonyl (C=O) groups is 1. The van der Waals surface area contributed by atoms with Gasteiger partial charge in [-0.2, -0.15) is 5.10 Å². The number of anilines is 1. The summed E-state index contributed by atoms with van der Waals surface area (Å²) in [4.78, 5) is 22.5. The molecule has 0 bridgehead atoms. The fourth-order valence-electron chi connectivity index (χ4n) is 3.08. The second-order valence-electron chi connectivity index (χ2n) is 6.37. The van der Waals surface area contributed by atoms with E-state index in [1.54, 1.807) is 23.5 Å². The van der Waals surface area contributed by atoms with Gasteiger partial charge in [-0.05, 0) is 50.9 Å². The summed E-state index contributed by atoms with van der Waals surface area (Å²) in [5.74, 6) is 1.68. The van der Waals surface area contributed by atoms with Gasteiger partial charge in [-0.3, -0.25) is 15.2 Å². The highest BCUT2D eigenvalue weighted by atomic mass is 35.5. The molecule has 1 aliphatic rings. The Labute approximate surface area is 167 Å². The van der Waals surface area contributed by atoms with Crippen molar-refractivity contribution in [1.82, 2.24) is 25.5 Å². The molecule has 142 valence electrons. The summed E-state index contributed by atoms with van der Waals surface area (Å²) < 4.78 is 0. The summed E-state index contributed by atoms with van der Waals surface area (Å²) in [6.45, 7) is 3.92. The first-order valence-corrected chi connectivity index (χ1v) is 9.48. The smallest absolute Gasteiger partial charge is 0.257 e. The van der Waals surface area contributed by atoms with Gasteiger partial charge in [0.25, 0.3) is 5.91 Å². The summed E-state index contributed by atoms with van der Waals surface area (Å²) in [5.41, 5.74) is 1.36. The molecule has 1 aliphatic heterocycles. The molecule has 3 N–H and O–H groups in total. The van der Waals surface area contributed by atoms with Crippen molar-refractivity contribution in [3.63, 3.8) is 0 Å². The summed E-state index contributed by atoms with van der Waals surface area (Å²) in [7, 11) is 0. The van der Waals surface area contributed by atoms with Crippen LogP contribution < -0.4 is 10.6 Å². The largest absolute Gasteiger partial charge is 0.317 e. The molecule has 0 spiro atoms. The Morgan fingerprint density at radius 3 is 2.85 bits per heavy atom. The molecule has 2 aromatic heterocycles. The highest BCUT2D eigenvalue weighted by Gasteiger charge is 2.18. The first-order valence-electron chi connectivity index (χ1n) is 8.66. The van der Waals surface area contributed by atoms with Crippen LogP contribution in [0.5, 0.6) is 0 Å². The van der Waals surface area contributed by atoms with Gasteiger partial charge in [0.1, 0.15) is 5.82 Å². The number of piperidine rings is 1. The first-order chi connectivity index (χ1) is 12.7. The summed E-state index contributed by atoms with van der Waals surface area (Å²) in [6.07, 6.45) is 4.13. The van der Waals surface area contributed by atoms with Crippen LogP contribution in [0.1, 0.15) is 39.8 Å². The second-order valence-corrected chi connectivity index (χ2v) is 7.43. The number of hydrogen-bond acceptors (Lipinski definition) is 6. The molecule has 1 fully saturated rings. The van der Waals surface area contributed by atoms with E-state index in [2.05, 4.69) is 30.8 Å². The number of carbonyl (C=O) groups excluding carboxylic acids is 1. The van der Waals surface area contributed by atoms with E-state index in [1.807, 2.05) is 25.3 Å². The number of nitrogens with one attached hydrogen (secondary N) is 3. The molecule has 27 heavy (non-hydrogen) atoms. The molecule has 3 aromatic rings. The lowest BCUT2D eigenvalue weighted by Crippen LogP contribution is -2.26. The van der Waals surface area contributed by atoms with Gasteiger partial charge >= 0.3 is 0 Å². The van der Waals surface area contributed by atoms with E-state index < -0.39 is 0 Å². The van der Waals surface area contributed by atoms with Crippen LogP contribution in [0.25, 0.3) is 11.4 Å². The number of aromatic amines is 1. The minimum Gasteiger partial charge on any atom is -0.317 e. The van der Waals surface area contributed by atoms with Gasteiger partial charge in [0.15, 0.2) is 11.0 Å². The maximum absolute atomic E-state index is 12.6. The van der Waals surface area contributed by atoms with Gasteiger partial charge in [0, 0.05) is 22.2 Å². The Morgan fingerprint density at radius 1 is 1.30 bits per heavy atom. The predicted octanol–water partition coefficient (Wildman–Crippen LogP) is 3.38. The van der Waals surface area contributed by atoms with E-state index in [0.29, 0.717) is 22.4 Å². The molecular formula is C18H21ClN6OS. The maximum Gasteiger partial charge on any atom is 0.257 e. The number of nitrogens with zero attached hydrogens (tertiary/aromatic N) is 3. The Morgan fingerprint density at radius 2 is 2.11 bits per heavy atom. The van der Waals surface area contributed by atoms with Crippen molar-refractivity contribution >= 4 is 34.8 Å². The summed E-state index contributed by atoms with van der Waals surface area (Å²) in [6, 6.07) is 7.29. The number of H-pyrrole nitrogens is 1. The maximum atomic E-state index is 12.6. The lowest BCUT2D eigenvalue weighted by atomic mass is 9.97. The lowest BCUT2D eigenvalue weighted by molar-refractivity contribution is 0.102. The molecular weight excluding hydrogens is 384 g/mol. The third-order valence-electron chi connectivity index (χ3n) is 4.47. The monoisotopic (exact) mass is 404 g/mol. The fourth-order valence-corrected chi connectivity index (χ4v) is 4.06. The standard InChI is InChI=1S/C18H20N6OS.ClH/c1-11-21-16(24-23-11)13-3-2-4-14(9-13)17(25)22-18-20-10-15(26-18)12-5-7-19-8-6-12;/h2-4,9-10,12,19H,5-8H2,1H3,(H,20,22,25)(H,21,23,24);1H. The van der Waals surface area contributed by atoms with Crippen molar-refractivity contribution in [3.8, 4) is 11.4 Å². The molecule has 1 amide bonds. The van der Waals surface area contributed by atoms with Crippen LogP contribution in [-0.2, 0) is 0 Å². The molecule has 0 atom stereocenters. The van der Waals surface area contributed by atoms with Crippen molar-refractivity contribution in [2.45, 2.75) is 25.7 Å². The number of hydrogen-bond donors (Lipinski definition) is 3. The van der Waals surface area contributed by atoms with Gasteiger partial charge in [-0.25, -0.2) is 9.97 Å². The minimum atomic E-state index is -0.176. The van der Waals surface area contributed by atoms with E-state index in [4.69, 9.17) is 0 Å². The fraction of sp³-hybridized carbons (Fsp3) is 0.333. The van der Waals surface area contributed by atoms with Gasteiger partial charge in [0.2, 0.25) is 0 Å². The average Bonchev–Trinajstić information content (AvgIpc) is 3.32. The van der Waals surface area contributed by atoms with E-state index >= 15 is 0 Å². The van der Waals surface area contributed by atoms with E-state index in [9.17, 15) is 4.79 Å². The third-order valence-corrected chi connectivity index (χ3v) is 5.54. The van der Waals surface area contributed by atoms with Crippen molar-refractivity contribution in [1.29, 1.82) is 0 Å². The zero-order chi connectivity index (χ0) is 17.9. The van der Waals surface area contributed by atoms with Gasteiger partial charge < -0.3 is 5.32 Å². The van der Waals surface area contributed by atoms with Crippen molar-refractivity contribution in [3.05, 3.63) is 46.7 Å². The Hall–Kier alpha value is -2.29. The van der Waals surface area contributed by atoms with Crippen molar-refractivity contribution < 1.29 is 4.79 Å². The topological polar surface area (TPSA) is 95.6 Å². The molecule has 0 radical (unpaired) electrons. The highest BCUT2D eigenvalue weighted by Crippen LogP contribution is 2.31. The summed E-state index contributed by atoms with van der Waals surface area (Å²) >= 11 is 1.57. The second kappa shape index (κ2) is 8.60. The molecule has 3 heterocycles. The van der Waals surface area contributed by atoms with Gasteiger partial charge in [-0.15, -0.1) is 23.7 Å². The molecule has 9 heteroatoms. The Balaban J connectivity index is 0.00000210. The van der Waals surface area contributed by atoms with Crippen LogP contribution in [0, 0.1) is 6.92 Å². The van der Waals surface area contributed by atoms with Crippen LogP contribution in [0.4, 0.5) is 5.13 Å². The zero-order valence-electron chi connectivity index (χ0n) is 14.9. The predicted molar refractivity (Wildman–Crippen MR) is 109 cm³/mol. The number of aryl methyl sites for hydroxylation is 1. The molecule has 7 nitrogen and oxygen atoms in total. The first kappa shape index (κ1) is 19.5. The minimum absolute atomic E-state index is 0. The summed E-state index contributed by atoms with van der Waals surface area (Å²) in [5, 5.41) is 13.9. The number of benzene rings is 1. The van der Waals surface area contributed by atoms with Crippen LogP contribution >= 0.6 is 23.7 Å². The van der Waals surface area contributed by atoms with E-state index in [-0.39, 0.29) is 18.3 Å². The number of thiazole rings is 1. The quantitative estimate of drug-likeness (QED) is 0.619. The number of amides is 1. The highest BCUT2D eigenvalue weighted by molar-refractivity contribution is 7.15. The van der Waals surface area contributed by atoms with Crippen LogP contribution in [0.2, 0.25) is 0 Å². The normalized spacial score (nSPS) is 14.6. The SMILES string of the molecule is Cc1nc(-c2cccc(C(=O)Nc3ncc(C4CCNCC4)s3)c2)n[nH]1.Cl. The molecule has 1 saturated heterocycles. The van der Waals surface area contributed by atoms with E-state index in [1.165, 1.54) is 4.88 Å². The van der Waals surface area contributed by atoms with Crippen LogP contribution in [0.15, 0.2) is 30.5 Å². The molecule has 0 saturated carbocycles. The lowest BCUT2D eigenvalue weighted by Gasteiger charge is -2.20. The van der Waals surface area contributed by atoms with Crippen molar-refractivity contribution in [2.75, 3.05) is 18.4 Å². The van der Waals surface area contributed by atoms with Crippen molar-refractivity contribution in [2.24, 2.45) is 0 Å². The number of rotatable bonds is 4. The Kier molecular flexibility index (Phi) is 6.20. The molecule has 1 aromatic carbocycles. The van der Waals surface area contributed by atoms with E-state index in [0.717, 1.165) is 37.3 Å². The van der Waals surface area contributed by atoms with Crippen LogP contribution in [-0.4, -0.2) is 39.2 Å². The molecule has 4 rings (SSSR count). The van der Waals surface area contributed by atoms with Gasteiger partial charge in [-0.1, -0.05) is 12.1 Å². The third kappa shape index (κ3) is 4.52. The number of halogens is 1. The van der Waals surface area contributed by atoms with Gasteiger partial charge in [0.05, 0.1) is 0 Å². The Bertz CT molecular complexity index is 918. The van der Waals surface area contributed by atoms with Crippen LogP contribution in [0.3, 0.4) is 0 Å². The molecule has 0 unspecified atom stereocenters.